The molecule has 0 heterocycles. The Hall–Kier alpha value is -1.51. The van der Waals surface area contributed by atoms with Crippen LogP contribution in [0.4, 0.5) is 11.4 Å². The standard InChI is InChI=1S/C16H22N2O/c1-10-2-5-15(14(17)6-10)18-16(19)9-13-8-11-3-4-12(13)7-11/h2,5-6,11-13H,3-4,7-9,17H2,1H3,(H,18,19). The Morgan fingerprint density at radius 2 is 2.21 bits per heavy atom. The van der Waals surface area contributed by atoms with E-state index in [0.717, 1.165) is 23.1 Å². The third-order valence-electron chi connectivity index (χ3n) is 4.81. The van der Waals surface area contributed by atoms with Crippen LogP contribution in [-0.4, -0.2) is 5.91 Å². The topological polar surface area (TPSA) is 55.1 Å². The van der Waals surface area contributed by atoms with Gasteiger partial charge in [0.15, 0.2) is 0 Å². The van der Waals surface area contributed by atoms with Crippen LogP contribution in [0.1, 0.15) is 37.7 Å². The number of amides is 1. The average Bonchev–Trinajstić information content (AvgIpc) is 2.95. The van der Waals surface area contributed by atoms with Gasteiger partial charge in [-0.1, -0.05) is 12.5 Å². The van der Waals surface area contributed by atoms with Crippen molar-refractivity contribution in [3.8, 4) is 0 Å². The van der Waals surface area contributed by atoms with E-state index >= 15 is 0 Å². The van der Waals surface area contributed by atoms with Gasteiger partial charge in [-0.2, -0.15) is 0 Å². The van der Waals surface area contributed by atoms with Crippen LogP contribution in [0.5, 0.6) is 0 Å². The van der Waals surface area contributed by atoms with Gasteiger partial charge < -0.3 is 11.1 Å². The molecule has 3 atom stereocenters. The Kier molecular flexibility index (Phi) is 3.21. The third kappa shape index (κ3) is 2.60. The molecule has 2 aliphatic rings. The van der Waals surface area contributed by atoms with Crippen molar-refractivity contribution in [1.82, 2.24) is 0 Å². The van der Waals surface area contributed by atoms with E-state index in [-0.39, 0.29) is 5.91 Å². The summed E-state index contributed by atoms with van der Waals surface area (Å²) >= 11 is 0. The van der Waals surface area contributed by atoms with Crippen LogP contribution in [0.25, 0.3) is 0 Å². The van der Waals surface area contributed by atoms with Crippen LogP contribution < -0.4 is 11.1 Å². The molecule has 1 aromatic carbocycles. The van der Waals surface area contributed by atoms with Crippen molar-refractivity contribution >= 4 is 17.3 Å². The van der Waals surface area contributed by atoms with Crippen molar-refractivity contribution in [2.45, 2.75) is 39.0 Å². The van der Waals surface area contributed by atoms with E-state index in [9.17, 15) is 4.79 Å². The second-order valence-electron chi connectivity index (χ2n) is 6.28. The molecule has 0 aliphatic heterocycles. The number of rotatable bonds is 3. The molecular weight excluding hydrogens is 236 g/mol. The zero-order chi connectivity index (χ0) is 13.4. The fourth-order valence-corrected chi connectivity index (χ4v) is 3.86. The summed E-state index contributed by atoms with van der Waals surface area (Å²) in [5, 5.41) is 2.96. The van der Waals surface area contributed by atoms with E-state index in [0.29, 0.717) is 18.0 Å². The van der Waals surface area contributed by atoms with Crippen LogP contribution in [0.15, 0.2) is 18.2 Å². The van der Waals surface area contributed by atoms with Gasteiger partial charge in [-0.3, -0.25) is 4.79 Å². The second-order valence-corrected chi connectivity index (χ2v) is 6.28. The zero-order valence-corrected chi connectivity index (χ0v) is 11.5. The van der Waals surface area contributed by atoms with Gasteiger partial charge in [0, 0.05) is 6.42 Å². The minimum Gasteiger partial charge on any atom is -0.397 e. The van der Waals surface area contributed by atoms with Crippen molar-refractivity contribution in [3.63, 3.8) is 0 Å². The SMILES string of the molecule is Cc1ccc(NC(=O)CC2CC3CCC2C3)c(N)c1. The molecule has 2 fully saturated rings. The predicted molar refractivity (Wildman–Crippen MR) is 77.8 cm³/mol. The van der Waals surface area contributed by atoms with Gasteiger partial charge in [0.05, 0.1) is 11.4 Å². The average molecular weight is 258 g/mol. The molecule has 2 saturated carbocycles. The smallest absolute Gasteiger partial charge is 0.224 e. The molecule has 2 bridgehead atoms. The van der Waals surface area contributed by atoms with Crippen molar-refractivity contribution in [2.24, 2.45) is 17.8 Å². The van der Waals surface area contributed by atoms with Crippen molar-refractivity contribution in [1.29, 1.82) is 0 Å². The second kappa shape index (κ2) is 4.87. The first-order valence-corrected chi connectivity index (χ1v) is 7.28. The quantitative estimate of drug-likeness (QED) is 0.817. The van der Waals surface area contributed by atoms with E-state index < -0.39 is 0 Å². The monoisotopic (exact) mass is 258 g/mol. The molecular formula is C16H22N2O. The maximum Gasteiger partial charge on any atom is 0.224 e. The molecule has 0 saturated heterocycles. The molecule has 0 radical (unpaired) electrons. The van der Waals surface area contributed by atoms with Gasteiger partial charge in [0.1, 0.15) is 0 Å². The summed E-state index contributed by atoms with van der Waals surface area (Å²) in [4.78, 5) is 12.1. The van der Waals surface area contributed by atoms with E-state index in [1.807, 2.05) is 25.1 Å². The number of hydrogen-bond donors (Lipinski definition) is 2. The molecule has 0 aromatic heterocycles. The lowest BCUT2D eigenvalue weighted by molar-refractivity contribution is -0.117. The molecule has 1 aromatic rings. The molecule has 3 heteroatoms. The summed E-state index contributed by atoms with van der Waals surface area (Å²) in [6.07, 6.45) is 5.98. The maximum atomic E-state index is 12.1. The van der Waals surface area contributed by atoms with Gasteiger partial charge >= 0.3 is 0 Å². The minimum atomic E-state index is 0.119. The highest BCUT2D eigenvalue weighted by atomic mass is 16.1. The number of nitrogens with two attached hydrogens (primary N) is 1. The van der Waals surface area contributed by atoms with Gasteiger partial charge in [0.2, 0.25) is 5.91 Å². The summed E-state index contributed by atoms with van der Waals surface area (Å²) in [5.41, 5.74) is 8.44. The molecule has 3 N–H and O–H groups in total. The Labute approximate surface area is 114 Å². The minimum absolute atomic E-state index is 0.119. The zero-order valence-electron chi connectivity index (χ0n) is 11.5. The number of carbonyl (C=O) groups excluding carboxylic acids is 1. The summed E-state index contributed by atoms with van der Waals surface area (Å²) in [5.74, 6) is 2.41. The van der Waals surface area contributed by atoms with Crippen LogP contribution in [0.2, 0.25) is 0 Å². The van der Waals surface area contributed by atoms with E-state index in [1.165, 1.54) is 25.7 Å². The highest BCUT2D eigenvalue weighted by Gasteiger charge is 2.40. The van der Waals surface area contributed by atoms with E-state index in [4.69, 9.17) is 5.73 Å². The van der Waals surface area contributed by atoms with Gasteiger partial charge in [-0.25, -0.2) is 0 Å². The van der Waals surface area contributed by atoms with Gasteiger partial charge in [-0.05, 0) is 61.6 Å². The molecule has 102 valence electrons. The highest BCUT2D eigenvalue weighted by molar-refractivity contribution is 5.94. The normalized spacial score (nSPS) is 28.6. The fourth-order valence-electron chi connectivity index (χ4n) is 3.86. The number of nitrogens with one attached hydrogen (secondary N) is 1. The van der Waals surface area contributed by atoms with E-state index in [1.54, 1.807) is 0 Å². The van der Waals surface area contributed by atoms with Crippen LogP contribution in [0.3, 0.4) is 0 Å². The molecule has 0 spiro atoms. The number of anilines is 2. The van der Waals surface area contributed by atoms with E-state index in [2.05, 4.69) is 5.32 Å². The summed E-state index contributed by atoms with van der Waals surface area (Å²) in [6, 6.07) is 5.76. The fraction of sp³-hybridized carbons (Fsp3) is 0.562. The predicted octanol–water partition coefficient (Wildman–Crippen LogP) is 3.34. The maximum absolute atomic E-state index is 12.1. The van der Waals surface area contributed by atoms with Gasteiger partial charge in [-0.15, -0.1) is 0 Å². The highest BCUT2D eigenvalue weighted by Crippen LogP contribution is 2.49. The Bertz CT molecular complexity index is 498. The Balaban J connectivity index is 1.59. The molecule has 3 nitrogen and oxygen atoms in total. The number of hydrogen-bond acceptors (Lipinski definition) is 2. The first-order chi connectivity index (χ1) is 9.11. The van der Waals surface area contributed by atoms with Crippen LogP contribution in [0, 0.1) is 24.7 Å². The Morgan fingerprint density at radius 3 is 2.84 bits per heavy atom. The largest absolute Gasteiger partial charge is 0.397 e. The first kappa shape index (κ1) is 12.5. The molecule has 2 aliphatic carbocycles. The first-order valence-electron chi connectivity index (χ1n) is 7.28. The lowest BCUT2D eigenvalue weighted by Crippen LogP contribution is -2.20. The molecule has 1 amide bonds. The lowest BCUT2D eigenvalue weighted by atomic mass is 9.86. The van der Waals surface area contributed by atoms with Gasteiger partial charge in [0.25, 0.3) is 0 Å². The summed E-state index contributed by atoms with van der Waals surface area (Å²) in [6.45, 7) is 2.00. The molecule has 3 rings (SSSR count). The van der Waals surface area contributed by atoms with Crippen molar-refractivity contribution in [3.05, 3.63) is 23.8 Å². The van der Waals surface area contributed by atoms with Crippen molar-refractivity contribution in [2.75, 3.05) is 11.1 Å². The third-order valence-corrected chi connectivity index (χ3v) is 4.81. The number of aryl methyl sites for hydroxylation is 1. The lowest BCUT2D eigenvalue weighted by Gasteiger charge is -2.21. The summed E-state index contributed by atoms with van der Waals surface area (Å²) in [7, 11) is 0. The number of nitrogen functional groups attached to an aromatic ring is 1. The number of carbonyl (C=O) groups is 1. The molecule has 3 unspecified atom stereocenters. The molecule has 19 heavy (non-hydrogen) atoms. The van der Waals surface area contributed by atoms with Crippen LogP contribution in [-0.2, 0) is 4.79 Å². The van der Waals surface area contributed by atoms with Crippen LogP contribution >= 0.6 is 0 Å². The summed E-state index contributed by atoms with van der Waals surface area (Å²) < 4.78 is 0. The van der Waals surface area contributed by atoms with Crippen molar-refractivity contribution < 1.29 is 4.79 Å². The number of fused-ring (bicyclic) bond motifs is 2. The Morgan fingerprint density at radius 1 is 1.37 bits per heavy atom. The number of benzene rings is 1.